The lowest BCUT2D eigenvalue weighted by Gasteiger charge is -1.92. The summed E-state index contributed by atoms with van der Waals surface area (Å²) in [7, 11) is 0. The van der Waals surface area contributed by atoms with E-state index < -0.39 is 11.9 Å². The van der Waals surface area contributed by atoms with Crippen LogP contribution in [0.15, 0.2) is 0 Å². The molecule has 0 aliphatic carbocycles. The van der Waals surface area contributed by atoms with Crippen molar-refractivity contribution in [3.05, 3.63) is 0 Å². The zero-order valence-corrected chi connectivity index (χ0v) is 7.05. The van der Waals surface area contributed by atoms with Crippen molar-refractivity contribution in [1.82, 2.24) is 0 Å². The second-order valence-electron chi connectivity index (χ2n) is 2.48. The molecule has 0 spiro atoms. The fraction of sp³-hybridized carbons (Fsp3) is 0.667. The Morgan fingerprint density at radius 2 is 2.27 bits per heavy atom. The highest BCUT2D eigenvalue weighted by atomic mass is 16.4. The maximum Gasteiger partial charge on any atom is 0.318 e. The van der Waals surface area contributed by atoms with Crippen molar-refractivity contribution in [1.29, 1.82) is 0 Å². The minimum atomic E-state index is -0.839. The van der Waals surface area contributed by atoms with E-state index in [1.165, 1.54) is 0 Å². The predicted octanol–water partition coefficient (Wildman–Crippen LogP) is 1.90. The summed E-state index contributed by atoms with van der Waals surface area (Å²) >= 11 is 0. The van der Waals surface area contributed by atoms with Crippen LogP contribution in [0.2, 0.25) is 0 Å². The summed E-state index contributed by atoms with van der Waals surface area (Å²) in [6, 6.07) is 0. The van der Waals surface area contributed by atoms with E-state index in [9.17, 15) is 4.79 Å². The molecule has 11 heavy (non-hydrogen) atoms. The van der Waals surface area contributed by atoms with E-state index in [0.717, 1.165) is 19.3 Å². The number of carboxylic acid groups (broad SMARTS) is 1. The molecule has 0 amide bonds. The van der Waals surface area contributed by atoms with Crippen LogP contribution in [0, 0.1) is 17.8 Å². The zero-order chi connectivity index (χ0) is 8.69. The number of carbonyl (C=O) groups is 1. The van der Waals surface area contributed by atoms with Gasteiger partial charge in [-0.1, -0.05) is 19.3 Å². The van der Waals surface area contributed by atoms with E-state index >= 15 is 0 Å². The predicted molar refractivity (Wildman–Crippen MR) is 44.1 cm³/mol. The fourth-order valence-electron chi connectivity index (χ4n) is 0.552. The first-order chi connectivity index (χ1) is 5.18. The van der Waals surface area contributed by atoms with Crippen molar-refractivity contribution < 1.29 is 9.90 Å². The average Bonchev–Trinajstić information content (AvgIpc) is 1.97. The van der Waals surface area contributed by atoms with Crippen molar-refractivity contribution >= 4 is 5.97 Å². The van der Waals surface area contributed by atoms with Gasteiger partial charge in [-0.25, -0.2) is 0 Å². The molecular weight excluding hydrogens is 140 g/mol. The SMILES string of the molecule is CCCCC#CC(C)C(=O)O. The van der Waals surface area contributed by atoms with Crippen LogP contribution in [-0.2, 0) is 4.79 Å². The highest BCUT2D eigenvalue weighted by Gasteiger charge is 2.04. The Morgan fingerprint density at radius 1 is 1.64 bits per heavy atom. The minimum Gasteiger partial charge on any atom is -0.480 e. The van der Waals surface area contributed by atoms with Gasteiger partial charge in [-0.15, -0.1) is 5.92 Å². The lowest BCUT2D eigenvalue weighted by atomic mass is 10.2. The van der Waals surface area contributed by atoms with Gasteiger partial charge in [0.15, 0.2) is 0 Å². The van der Waals surface area contributed by atoms with E-state index in [1.807, 2.05) is 0 Å². The first kappa shape index (κ1) is 10.0. The molecule has 2 heteroatoms. The van der Waals surface area contributed by atoms with Crippen LogP contribution in [0.1, 0.15) is 33.1 Å². The molecule has 0 saturated heterocycles. The van der Waals surface area contributed by atoms with Gasteiger partial charge < -0.3 is 5.11 Å². The van der Waals surface area contributed by atoms with Crippen molar-refractivity contribution in [2.75, 3.05) is 0 Å². The third-order valence-corrected chi connectivity index (χ3v) is 1.34. The number of aliphatic carboxylic acids is 1. The first-order valence-corrected chi connectivity index (χ1v) is 3.89. The molecular formula is C9H14O2. The van der Waals surface area contributed by atoms with Crippen LogP contribution >= 0.6 is 0 Å². The van der Waals surface area contributed by atoms with Gasteiger partial charge in [0, 0.05) is 6.42 Å². The Bertz CT molecular complexity index is 174. The molecule has 2 nitrogen and oxygen atoms in total. The molecule has 0 rings (SSSR count). The average molecular weight is 154 g/mol. The van der Waals surface area contributed by atoms with Gasteiger partial charge in [-0.05, 0) is 13.3 Å². The molecule has 0 bridgehead atoms. The lowest BCUT2D eigenvalue weighted by Crippen LogP contribution is -2.06. The summed E-state index contributed by atoms with van der Waals surface area (Å²) in [6.07, 6.45) is 2.98. The molecule has 0 aliphatic heterocycles. The third-order valence-electron chi connectivity index (χ3n) is 1.34. The molecule has 0 saturated carbocycles. The molecule has 0 aromatic rings. The van der Waals surface area contributed by atoms with Crippen LogP contribution < -0.4 is 0 Å². The summed E-state index contributed by atoms with van der Waals surface area (Å²) in [5, 5.41) is 8.44. The number of rotatable bonds is 3. The lowest BCUT2D eigenvalue weighted by molar-refractivity contribution is -0.139. The largest absolute Gasteiger partial charge is 0.480 e. The van der Waals surface area contributed by atoms with Crippen LogP contribution in [0.5, 0.6) is 0 Å². The Hall–Kier alpha value is -0.970. The highest BCUT2D eigenvalue weighted by molar-refractivity contribution is 5.72. The van der Waals surface area contributed by atoms with Gasteiger partial charge in [-0.3, -0.25) is 4.79 Å². The molecule has 0 aliphatic rings. The molecule has 1 N–H and O–H groups in total. The van der Waals surface area contributed by atoms with E-state index in [0.29, 0.717) is 0 Å². The smallest absolute Gasteiger partial charge is 0.318 e. The second-order valence-corrected chi connectivity index (χ2v) is 2.48. The van der Waals surface area contributed by atoms with Crippen LogP contribution in [0.4, 0.5) is 0 Å². The molecule has 0 fully saturated rings. The monoisotopic (exact) mass is 154 g/mol. The van der Waals surface area contributed by atoms with Crippen molar-refractivity contribution in [3.8, 4) is 11.8 Å². The summed E-state index contributed by atoms with van der Waals surface area (Å²) in [5.74, 6) is 4.14. The Kier molecular flexibility index (Phi) is 5.28. The first-order valence-electron chi connectivity index (χ1n) is 3.89. The fourth-order valence-corrected chi connectivity index (χ4v) is 0.552. The van der Waals surface area contributed by atoms with E-state index in [-0.39, 0.29) is 0 Å². The van der Waals surface area contributed by atoms with E-state index in [1.54, 1.807) is 6.92 Å². The molecule has 1 unspecified atom stereocenters. The molecule has 0 heterocycles. The van der Waals surface area contributed by atoms with Gasteiger partial charge in [0.05, 0.1) is 0 Å². The number of hydrogen-bond donors (Lipinski definition) is 1. The Labute approximate surface area is 67.6 Å². The Balaban J connectivity index is 3.60. The molecule has 62 valence electrons. The Morgan fingerprint density at radius 3 is 2.73 bits per heavy atom. The molecule has 1 atom stereocenters. The summed E-state index contributed by atoms with van der Waals surface area (Å²) in [5.41, 5.74) is 0. The topological polar surface area (TPSA) is 37.3 Å². The maximum atomic E-state index is 10.3. The molecule has 0 aromatic carbocycles. The van der Waals surface area contributed by atoms with E-state index in [4.69, 9.17) is 5.11 Å². The van der Waals surface area contributed by atoms with Crippen LogP contribution in [-0.4, -0.2) is 11.1 Å². The zero-order valence-electron chi connectivity index (χ0n) is 7.05. The van der Waals surface area contributed by atoms with Gasteiger partial charge in [0.2, 0.25) is 0 Å². The third kappa shape index (κ3) is 5.47. The highest BCUT2D eigenvalue weighted by Crippen LogP contribution is 1.94. The summed E-state index contributed by atoms with van der Waals surface area (Å²) in [4.78, 5) is 10.3. The maximum absolute atomic E-state index is 10.3. The van der Waals surface area contributed by atoms with Crippen LogP contribution in [0.25, 0.3) is 0 Å². The number of carboxylic acids is 1. The van der Waals surface area contributed by atoms with Crippen molar-refractivity contribution in [3.63, 3.8) is 0 Å². The van der Waals surface area contributed by atoms with Gasteiger partial charge in [-0.2, -0.15) is 0 Å². The van der Waals surface area contributed by atoms with Gasteiger partial charge in [0.1, 0.15) is 5.92 Å². The standard InChI is InChI=1S/C9H14O2/c1-3-4-5-6-7-8(2)9(10)11/h8H,3-5H2,1-2H3,(H,10,11). The molecule has 0 radical (unpaired) electrons. The summed E-state index contributed by atoms with van der Waals surface area (Å²) < 4.78 is 0. The quantitative estimate of drug-likeness (QED) is 0.498. The second kappa shape index (κ2) is 5.79. The van der Waals surface area contributed by atoms with Crippen LogP contribution in [0.3, 0.4) is 0 Å². The minimum absolute atomic E-state index is 0.521. The van der Waals surface area contributed by atoms with Crippen molar-refractivity contribution in [2.24, 2.45) is 5.92 Å². The van der Waals surface area contributed by atoms with Gasteiger partial charge in [0.25, 0.3) is 0 Å². The number of hydrogen-bond acceptors (Lipinski definition) is 1. The summed E-state index contributed by atoms with van der Waals surface area (Å²) in [6.45, 7) is 3.68. The van der Waals surface area contributed by atoms with Crippen molar-refractivity contribution in [2.45, 2.75) is 33.1 Å². The van der Waals surface area contributed by atoms with Gasteiger partial charge >= 0.3 is 5.97 Å². The molecule has 0 aromatic heterocycles. The number of unbranched alkanes of at least 4 members (excludes halogenated alkanes) is 2. The normalized spacial score (nSPS) is 11.5. The van der Waals surface area contributed by atoms with E-state index in [2.05, 4.69) is 18.8 Å².